The highest BCUT2D eigenvalue weighted by Crippen LogP contribution is 2.15. The van der Waals surface area contributed by atoms with Crippen molar-refractivity contribution >= 4 is 23.5 Å². The summed E-state index contributed by atoms with van der Waals surface area (Å²) in [5.74, 6) is -1.36. The van der Waals surface area contributed by atoms with E-state index in [9.17, 15) is 14.4 Å². The SMILES string of the molecule is CCN(C(=O)[C@@H](C)OC(=O)CNC(=O)c1ccccc1)c1ccccc1. The van der Waals surface area contributed by atoms with Crippen molar-refractivity contribution in [2.24, 2.45) is 0 Å². The van der Waals surface area contributed by atoms with E-state index in [0.29, 0.717) is 12.1 Å². The van der Waals surface area contributed by atoms with Gasteiger partial charge in [-0.1, -0.05) is 36.4 Å². The van der Waals surface area contributed by atoms with Crippen LogP contribution in [-0.2, 0) is 14.3 Å². The second-order valence-electron chi connectivity index (χ2n) is 5.60. The van der Waals surface area contributed by atoms with E-state index in [4.69, 9.17) is 4.74 Å². The Morgan fingerprint density at radius 2 is 1.58 bits per heavy atom. The van der Waals surface area contributed by atoms with Crippen LogP contribution in [-0.4, -0.2) is 37.0 Å². The number of carbonyl (C=O) groups excluding carboxylic acids is 3. The summed E-state index contributed by atoms with van der Waals surface area (Å²) in [4.78, 5) is 37.9. The lowest BCUT2D eigenvalue weighted by Gasteiger charge is -2.24. The molecule has 1 atom stereocenters. The number of likely N-dealkylation sites (N-methyl/N-ethyl adjacent to an activating group) is 1. The zero-order valence-corrected chi connectivity index (χ0v) is 14.8. The molecule has 0 aromatic heterocycles. The smallest absolute Gasteiger partial charge is 0.326 e. The lowest BCUT2D eigenvalue weighted by molar-refractivity contribution is -0.152. The van der Waals surface area contributed by atoms with E-state index in [0.717, 1.165) is 5.69 Å². The van der Waals surface area contributed by atoms with Gasteiger partial charge in [0.05, 0.1) is 0 Å². The maximum Gasteiger partial charge on any atom is 0.326 e. The minimum atomic E-state index is -0.948. The number of nitrogens with one attached hydrogen (secondary N) is 1. The molecule has 2 aromatic rings. The Labute approximate surface area is 152 Å². The molecule has 0 unspecified atom stereocenters. The number of carbonyl (C=O) groups is 3. The molecule has 0 fully saturated rings. The number of hydrogen-bond acceptors (Lipinski definition) is 4. The molecule has 2 amide bonds. The average Bonchev–Trinajstić information content (AvgIpc) is 2.68. The van der Waals surface area contributed by atoms with Gasteiger partial charge in [-0.15, -0.1) is 0 Å². The van der Waals surface area contributed by atoms with Gasteiger partial charge in [-0.3, -0.25) is 14.4 Å². The topological polar surface area (TPSA) is 75.7 Å². The van der Waals surface area contributed by atoms with Gasteiger partial charge < -0.3 is 15.0 Å². The number of anilines is 1. The van der Waals surface area contributed by atoms with Gasteiger partial charge in [0.25, 0.3) is 11.8 Å². The highest BCUT2D eigenvalue weighted by molar-refractivity contribution is 5.98. The third kappa shape index (κ3) is 5.17. The van der Waals surface area contributed by atoms with Crippen molar-refractivity contribution in [3.63, 3.8) is 0 Å². The molecule has 6 nitrogen and oxygen atoms in total. The van der Waals surface area contributed by atoms with Crippen LogP contribution in [0.4, 0.5) is 5.69 Å². The number of esters is 1. The number of hydrogen-bond donors (Lipinski definition) is 1. The fourth-order valence-electron chi connectivity index (χ4n) is 2.43. The molecule has 136 valence electrons. The molecular formula is C20H22N2O4. The number of amides is 2. The lowest BCUT2D eigenvalue weighted by atomic mass is 10.2. The van der Waals surface area contributed by atoms with E-state index in [1.807, 2.05) is 37.3 Å². The number of ether oxygens (including phenoxy) is 1. The Balaban J connectivity index is 1.87. The first-order valence-electron chi connectivity index (χ1n) is 8.42. The fraction of sp³-hybridized carbons (Fsp3) is 0.250. The summed E-state index contributed by atoms with van der Waals surface area (Å²) in [5.41, 5.74) is 1.19. The summed E-state index contributed by atoms with van der Waals surface area (Å²) in [6.07, 6.45) is -0.948. The van der Waals surface area contributed by atoms with Crippen molar-refractivity contribution in [3.05, 3.63) is 66.2 Å². The number of para-hydroxylation sites is 1. The van der Waals surface area contributed by atoms with Crippen molar-refractivity contribution in [1.29, 1.82) is 0 Å². The first-order chi connectivity index (χ1) is 12.5. The van der Waals surface area contributed by atoms with Crippen molar-refractivity contribution < 1.29 is 19.1 Å². The largest absolute Gasteiger partial charge is 0.451 e. The van der Waals surface area contributed by atoms with Crippen LogP contribution in [0.3, 0.4) is 0 Å². The predicted molar refractivity (Wildman–Crippen MR) is 98.8 cm³/mol. The van der Waals surface area contributed by atoms with Crippen LogP contribution < -0.4 is 10.2 Å². The van der Waals surface area contributed by atoms with Crippen molar-refractivity contribution in [2.45, 2.75) is 20.0 Å². The average molecular weight is 354 g/mol. The van der Waals surface area contributed by atoms with E-state index in [-0.39, 0.29) is 18.4 Å². The van der Waals surface area contributed by atoms with Gasteiger partial charge >= 0.3 is 5.97 Å². The molecule has 1 N–H and O–H groups in total. The van der Waals surface area contributed by atoms with Crippen LogP contribution in [0, 0.1) is 0 Å². The summed E-state index contributed by atoms with van der Waals surface area (Å²) in [5, 5.41) is 2.48. The van der Waals surface area contributed by atoms with E-state index in [1.54, 1.807) is 35.2 Å². The molecule has 26 heavy (non-hydrogen) atoms. The zero-order valence-electron chi connectivity index (χ0n) is 14.8. The third-order valence-electron chi connectivity index (χ3n) is 3.74. The molecule has 0 heterocycles. The maximum atomic E-state index is 12.5. The highest BCUT2D eigenvalue weighted by Gasteiger charge is 2.24. The van der Waals surface area contributed by atoms with Gasteiger partial charge in [-0.25, -0.2) is 0 Å². The van der Waals surface area contributed by atoms with Crippen LogP contribution in [0.5, 0.6) is 0 Å². The molecule has 0 aliphatic heterocycles. The van der Waals surface area contributed by atoms with Gasteiger partial charge in [0.15, 0.2) is 6.10 Å². The van der Waals surface area contributed by atoms with E-state index < -0.39 is 12.1 Å². The molecule has 0 radical (unpaired) electrons. The fourth-order valence-corrected chi connectivity index (χ4v) is 2.43. The van der Waals surface area contributed by atoms with E-state index >= 15 is 0 Å². The van der Waals surface area contributed by atoms with Crippen molar-refractivity contribution in [1.82, 2.24) is 5.32 Å². The Morgan fingerprint density at radius 3 is 2.15 bits per heavy atom. The monoisotopic (exact) mass is 354 g/mol. The second-order valence-corrected chi connectivity index (χ2v) is 5.60. The highest BCUT2D eigenvalue weighted by atomic mass is 16.5. The van der Waals surface area contributed by atoms with Crippen LogP contribution in [0.25, 0.3) is 0 Å². The molecule has 0 aliphatic rings. The first kappa shape index (κ1) is 19.2. The van der Waals surface area contributed by atoms with Gasteiger partial charge in [0.1, 0.15) is 6.54 Å². The molecule has 0 saturated heterocycles. The minimum absolute atomic E-state index is 0.303. The molecule has 2 rings (SSSR count). The summed E-state index contributed by atoms with van der Waals surface area (Å²) < 4.78 is 5.16. The summed E-state index contributed by atoms with van der Waals surface area (Å²) in [6, 6.07) is 17.7. The zero-order chi connectivity index (χ0) is 18.9. The van der Waals surface area contributed by atoms with Crippen LogP contribution in [0.1, 0.15) is 24.2 Å². The second kappa shape index (κ2) is 9.36. The number of nitrogens with zero attached hydrogens (tertiary/aromatic N) is 1. The standard InChI is InChI=1S/C20H22N2O4/c1-3-22(17-12-8-5-9-13-17)20(25)15(2)26-18(23)14-21-19(24)16-10-6-4-7-11-16/h4-13,15H,3,14H2,1-2H3,(H,21,24)/t15-/m1/s1. The van der Waals surface area contributed by atoms with Gasteiger partial charge in [0, 0.05) is 17.8 Å². The molecule has 0 bridgehead atoms. The Morgan fingerprint density at radius 1 is 1.00 bits per heavy atom. The van der Waals surface area contributed by atoms with E-state index in [1.165, 1.54) is 6.92 Å². The third-order valence-corrected chi connectivity index (χ3v) is 3.74. The maximum absolute atomic E-state index is 12.5. The van der Waals surface area contributed by atoms with Gasteiger partial charge in [0.2, 0.25) is 0 Å². The lowest BCUT2D eigenvalue weighted by Crippen LogP contribution is -2.41. The van der Waals surface area contributed by atoms with Crippen LogP contribution >= 0.6 is 0 Å². The van der Waals surface area contributed by atoms with Crippen molar-refractivity contribution in [2.75, 3.05) is 18.0 Å². The van der Waals surface area contributed by atoms with Crippen molar-refractivity contribution in [3.8, 4) is 0 Å². The summed E-state index contributed by atoms with van der Waals surface area (Å²) in [6.45, 7) is 3.52. The van der Waals surface area contributed by atoms with E-state index in [2.05, 4.69) is 5.32 Å². The Bertz CT molecular complexity index is 747. The molecule has 6 heteroatoms. The minimum Gasteiger partial charge on any atom is -0.451 e. The number of rotatable bonds is 7. The first-order valence-corrected chi connectivity index (χ1v) is 8.42. The number of benzene rings is 2. The van der Waals surface area contributed by atoms with Crippen LogP contribution in [0.15, 0.2) is 60.7 Å². The summed E-state index contributed by atoms with van der Waals surface area (Å²) >= 11 is 0. The normalized spacial score (nSPS) is 11.3. The van der Waals surface area contributed by atoms with Crippen LogP contribution in [0.2, 0.25) is 0 Å². The molecule has 0 aliphatic carbocycles. The van der Waals surface area contributed by atoms with Gasteiger partial charge in [-0.05, 0) is 38.1 Å². The molecule has 0 spiro atoms. The Hall–Kier alpha value is -3.15. The van der Waals surface area contributed by atoms with Gasteiger partial charge in [-0.2, -0.15) is 0 Å². The Kier molecular flexibility index (Phi) is 6.91. The molecule has 2 aromatic carbocycles. The summed E-state index contributed by atoms with van der Waals surface area (Å²) in [7, 11) is 0. The quantitative estimate of drug-likeness (QED) is 0.775. The predicted octanol–water partition coefficient (Wildman–Crippen LogP) is 2.40. The molecule has 0 saturated carbocycles. The molecular weight excluding hydrogens is 332 g/mol.